The quantitative estimate of drug-likeness (QED) is 0.637. The van der Waals surface area contributed by atoms with E-state index in [2.05, 4.69) is 10.0 Å². The lowest BCUT2D eigenvalue weighted by atomic mass is 10.2. The van der Waals surface area contributed by atoms with Crippen LogP contribution in [0, 0.1) is 0 Å². The molecule has 0 radical (unpaired) electrons. The highest BCUT2D eigenvalue weighted by Crippen LogP contribution is 2.26. The van der Waals surface area contributed by atoms with Crippen molar-refractivity contribution in [2.45, 2.75) is 36.8 Å². The van der Waals surface area contributed by atoms with Gasteiger partial charge in [0.15, 0.2) is 6.10 Å². The summed E-state index contributed by atoms with van der Waals surface area (Å²) in [6.45, 7) is 1.47. The number of methoxy groups -OCH3 is 1. The maximum atomic E-state index is 12.7. The molecule has 0 unspecified atom stereocenters. The van der Waals surface area contributed by atoms with Gasteiger partial charge in [0, 0.05) is 6.04 Å². The normalized spacial score (nSPS) is 14.6. The molecule has 2 N–H and O–H groups in total. The van der Waals surface area contributed by atoms with Crippen molar-refractivity contribution in [3.05, 3.63) is 54.1 Å². The maximum absolute atomic E-state index is 12.7. The zero-order valence-corrected chi connectivity index (χ0v) is 16.9. The maximum Gasteiger partial charge on any atom is 0.338 e. The van der Waals surface area contributed by atoms with Gasteiger partial charge in [0.2, 0.25) is 0 Å². The predicted molar refractivity (Wildman–Crippen MR) is 106 cm³/mol. The number of esters is 1. The summed E-state index contributed by atoms with van der Waals surface area (Å²) < 4.78 is 38.2. The molecule has 0 spiro atoms. The van der Waals surface area contributed by atoms with Crippen molar-refractivity contribution >= 4 is 27.6 Å². The molecule has 9 heteroatoms. The monoisotopic (exact) mass is 418 g/mol. The van der Waals surface area contributed by atoms with Crippen LogP contribution < -0.4 is 14.8 Å². The molecule has 0 aromatic heterocycles. The van der Waals surface area contributed by atoms with Crippen LogP contribution in [-0.4, -0.2) is 39.5 Å². The SMILES string of the molecule is COc1ccccc1NS(=O)(=O)c1cccc(C(=O)O[C@@H](C)C(=O)NC2CC2)c1. The Morgan fingerprint density at radius 2 is 1.83 bits per heavy atom. The van der Waals surface area contributed by atoms with E-state index in [0.717, 1.165) is 12.8 Å². The standard InChI is InChI=1S/C20H22N2O6S/c1-13(19(23)21-15-10-11-15)28-20(24)14-6-5-7-16(12-14)29(25,26)22-17-8-3-4-9-18(17)27-2/h3-9,12-13,15,22H,10-11H2,1-2H3,(H,21,23)/t13-/m0/s1. The summed E-state index contributed by atoms with van der Waals surface area (Å²) in [6, 6.07) is 12.1. The molecule has 0 aliphatic heterocycles. The number of carbonyl (C=O) groups is 2. The van der Waals surface area contributed by atoms with Crippen molar-refractivity contribution in [3.8, 4) is 5.75 Å². The first-order chi connectivity index (χ1) is 13.8. The van der Waals surface area contributed by atoms with Crippen LogP contribution in [-0.2, 0) is 19.6 Å². The van der Waals surface area contributed by atoms with Crippen molar-refractivity contribution in [1.82, 2.24) is 5.32 Å². The minimum atomic E-state index is -3.97. The van der Waals surface area contributed by atoms with Gasteiger partial charge in [-0.05, 0) is 50.1 Å². The Morgan fingerprint density at radius 3 is 2.52 bits per heavy atom. The predicted octanol–water partition coefficient (Wildman–Crippen LogP) is 2.32. The van der Waals surface area contributed by atoms with E-state index in [-0.39, 0.29) is 28.1 Å². The minimum Gasteiger partial charge on any atom is -0.495 e. The number of para-hydroxylation sites is 2. The fourth-order valence-corrected chi connectivity index (χ4v) is 3.67. The van der Waals surface area contributed by atoms with Crippen LogP contribution >= 0.6 is 0 Å². The van der Waals surface area contributed by atoms with Gasteiger partial charge in [-0.2, -0.15) is 0 Å². The van der Waals surface area contributed by atoms with Crippen LogP contribution in [0.5, 0.6) is 5.75 Å². The van der Waals surface area contributed by atoms with Gasteiger partial charge in [0.25, 0.3) is 15.9 Å². The molecule has 29 heavy (non-hydrogen) atoms. The lowest BCUT2D eigenvalue weighted by molar-refractivity contribution is -0.129. The highest BCUT2D eigenvalue weighted by molar-refractivity contribution is 7.92. The largest absolute Gasteiger partial charge is 0.495 e. The van der Waals surface area contributed by atoms with E-state index in [1.807, 2.05) is 0 Å². The molecule has 2 aromatic carbocycles. The number of amides is 1. The van der Waals surface area contributed by atoms with Crippen LogP contribution in [0.2, 0.25) is 0 Å². The number of benzene rings is 2. The summed E-state index contributed by atoms with van der Waals surface area (Å²) in [5, 5.41) is 2.75. The number of rotatable bonds is 8. The molecule has 154 valence electrons. The van der Waals surface area contributed by atoms with Crippen molar-refractivity contribution < 1.29 is 27.5 Å². The first-order valence-corrected chi connectivity index (χ1v) is 10.6. The Kier molecular flexibility index (Phi) is 6.07. The van der Waals surface area contributed by atoms with Gasteiger partial charge >= 0.3 is 5.97 Å². The second-order valence-corrected chi connectivity index (χ2v) is 8.35. The van der Waals surface area contributed by atoms with Crippen molar-refractivity contribution in [2.24, 2.45) is 0 Å². The third-order valence-electron chi connectivity index (χ3n) is 4.31. The molecule has 1 fully saturated rings. The van der Waals surface area contributed by atoms with E-state index >= 15 is 0 Å². The van der Waals surface area contributed by atoms with Gasteiger partial charge in [-0.15, -0.1) is 0 Å². The fraction of sp³-hybridized carbons (Fsp3) is 0.300. The third kappa shape index (κ3) is 5.26. The topological polar surface area (TPSA) is 111 Å². The van der Waals surface area contributed by atoms with Crippen molar-refractivity contribution in [3.63, 3.8) is 0 Å². The van der Waals surface area contributed by atoms with E-state index in [4.69, 9.17) is 9.47 Å². The number of hydrogen-bond acceptors (Lipinski definition) is 6. The summed E-state index contributed by atoms with van der Waals surface area (Å²) in [5.74, 6) is -0.789. The van der Waals surface area contributed by atoms with Crippen LogP contribution in [0.1, 0.15) is 30.1 Å². The number of carbonyl (C=O) groups excluding carboxylic acids is 2. The third-order valence-corrected chi connectivity index (χ3v) is 5.67. The van der Waals surface area contributed by atoms with Crippen LogP contribution in [0.3, 0.4) is 0 Å². The molecular formula is C20H22N2O6S. The van der Waals surface area contributed by atoms with Gasteiger partial charge < -0.3 is 14.8 Å². The molecule has 1 aliphatic carbocycles. The summed E-state index contributed by atoms with van der Waals surface area (Å²) in [5.41, 5.74) is 0.298. The number of nitrogens with one attached hydrogen (secondary N) is 2. The minimum absolute atomic E-state index is 0.0268. The molecule has 8 nitrogen and oxygen atoms in total. The second kappa shape index (κ2) is 8.52. The van der Waals surface area contributed by atoms with E-state index in [1.165, 1.54) is 38.3 Å². The molecule has 1 saturated carbocycles. The number of anilines is 1. The van der Waals surface area contributed by atoms with E-state index < -0.39 is 22.1 Å². The molecule has 2 aromatic rings. The molecule has 1 aliphatic rings. The van der Waals surface area contributed by atoms with Crippen LogP contribution in [0.4, 0.5) is 5.69 Å². The lowest BCUT2D eigenvalue weighted by Gasteiger charge is -2.14. The molecule has 0 bridgehead atoms. The average molecular weight is 418 g/mol. The summed E-state index contributed by atoms with van der Waals surface area (Å²) in [4.78, 5) is 24.2. The zero-order valence-electron chi connectivity index (χ0n) is 16.0. The van der Waals surface area contributed by atoms with Gasteiger partial charge in [-0.3, -0.25) is 9.52 Å². The van der Waals surface area contributed by atoms with Gasteiger partial charge in [0.05, 0.1) is 23.3 Å². The fourth-order valence-electron chi connectivity index (χ4n) is 2.55. The van der Waals surface area contributed by atoms with Gasteiger partial charge in [-0.25, -0.2) is 13.2 Å². The van der Waals surface area contributed by atoms with E-state index in [9.17, 15) is 18.0 Å². The Balaban J connectivity index is 1.73. The van der Waals surface area contributed by atoms with Gasteiger partial charge in [-0.1, -0.05) is 18.2 Å². The number of sulfonamides is 1. The zero-order chi connectivity index (χ0) is 21.0. The average Bonchev–Trinajstić information content (AvgIpc) is 3.52. The van der Waals surface area contributed by atoms with Crippen molar-refractivity contribution in [2.75, 3.05) is 11.8 Å². The van der Waals surface area contributed by atoms with Crippen molar-refractivity contribution in [1.29, 1.82) is 0 Å². The molecular weight excluding hydrogens is 396 g/mol. The Bertz CT molecular complexity index is 1020. The number of hydrogen-bond donors (Lipinski definition) is 2. The first kappa shape index (κ1) is 20.7. The van der Waals surface area contributed by atoms with Gasteiger partial charge in [0.1, 0.15) is 5.75 Å². The van der Waals surface area contributed by atoms with E-state index in [1.54, 1.807) is 24.3 Å². The second-order valence-electron chi connectivity index (χ2n) is 6.66. The number of ether oxygens (including phenoxy) is 2. The molecule has 1 amide bonds. The smallest absolute Gasteiger partial charge is 0.338 e. The Morgan fingerprint density at radius 1 is 1.10 bits per heavy atom. The lowest BCUT2D eigenvalue weighted by Crippen LogP contribution is -2.37. The molecule has 1 atom stereocenters. The highest BCUT2D eigenvalue weighted by Gasteiger charge is 2.27. The highest BCUT2D eigenvalue weighted by atomic mass is 32.2. The Labute approximate surface area is 169 Å². The van der Waals surface area contributed by atoms with Crippen LogP contribution in [0.15, 0.2) is 53.4 Å². The summed E-state index contributed by atoms with van der Waals surface area (Å²) in [7, 11) is -2.54. The first-order valence-electron chi connectivity index (χ1n) is 9.07. The summed E-state index contributed by atoms with van der Waals surface area (Å²) in [6.07, 6.45) is 0.867. The molecule has 3 rings (SSSR count). The Hall–Kier alpha value is -3.07. The van der Waals surface area contributed by atoms with Crippen LogP contribution in [0.25, 0.3) is 0 Å². The summed E-state index contributed by atoms with van der Waals surface area (Å²) >= 11 is 0. The van der Waals surface area contributed by atoms with E-state index in [0.29, 0.717) is 5.75 Å². The molecule has 0 saturated heterocycles. The molecule has 0 heterocycles.